The average molecular weight is 301 g/mol. The normalized spacial score (nSPS) is 20.0. The molecule has 5 heteroatoms. The number of hydrogen-bond donors (Lipinski definition) is 1. The first-order valence-electron chi connectivity index (χ1n) is 7.32. The molecular weight excluding hydrogens is 279 g/mol. The summed E-state index contributed by atoms with van der Waals surface area (Å²) < 4.78 is 37.6. The van der Waals surface area contributed by atoms with Crippen molar-refractivity contribution in [2.75, 3.05) is 13.1 Å². The van der Waals surface area contributed by atoms with Crippen LogP contribution < -0.4 is 0 Å². The lowest BCUT2D eigenvalue weighted by Gasteiger charge is -2.40. The quantitative estimate of drug-likeness (QED) is 0.924. The molecule has 0 aliphatic carbocycles. The smallest absolute Gasteiger partial charge is 0.389 e. The molecule has 0 aromatic heterocycles. The van der Waals surface area contributed by atoms with Crippen LogP contribution in [-0.2, 0) is 12.6 Å². The lowest BCUT2D eigenvalue weighted by molar-refractivity contribution is -0.137. The van der Waals surface area contributed by atoms with Gasteiger partial charge in [0.25, 0.3) is 0 Å². The maximum absolute atomic E-state index is 12.5. The summed E-state index contributed by atoms with van der Waals surface area (Å²) in [4.78, 5) is 2.31. The second-order valence-corrected chi connectivity index (χ2v) is 6.23. The predicted molar refractivity (Wildman–Crippen MR) is 76.0 cm³/mol. The summed E-state index contributed by atoms with van der Waals surface area (Å²) >= 11 is 0. The van der Waals surface area contributed by atoms with E-state index in [9.17, 15) is 18.3 Å². The van der Waals surface area contributed by atoms with Gasteiger partial charge in [0.05, 0.1) is 11.2 Å². The van der Waals surface area contributed by atoms with Crippen molar-refractivity contribution in [3.8, 4) is 0 Å². The third-order valence-electron chi connectivity index (χ3n) is 4.27. The van der Waals surface area contributed by atoms with Crippen LogP contribution in [0, 0.1) is 0 Å². The Morgan fingerprint density at radius 3 is 2.10 bits per heavy atom. The molecule has 1 saturated heterocycles. The van der Waals surface area contributed by atoms with Crippen molar-refractivity contribution in [3.63, 3.8) is 0 Å². The first-order chi connectivity index (χ1) is 9.70. The van der Waals surface area contributed by atoms with Gasteiger partial charge in [0.1, 0.15) is 0 Å². The molecule has 0 amide bonds. The van der Waals surface area contributed by atoms with Crippen molar-refractivity contribution < 1.29 is 18.3 Å². The van der Waals surface area contributed by atoms with Gasteiger partial charge in [-0.25, -0.2) is 0 Å². The maximum Gasteiger partial charge on any atom is 0.416 e. The first kappa shape index (κ1) is 16.3. The van der Waals surface area contributed by atoms with Crippen molar-refractivity contribution in [1.82, 2.24) is 4.90 Å². The number of rotatable bonds is 3. The molecule has 0 spiro atoms. The van der Waals surface area contributed by atoms with Gasteiger partial charge in [0, 0.05) is 25.6 Å². The molecule has 1 aliphatic heterocycles. The number of aliphatic hydroxyl groups is 1. The second kappa shape index (κ2) is 5.97. The molecule has 118 valence electrons. The standard InChI is InChI=1S/C16H22F3NO/c1-12(2)20-9-7-15(21,8-10-20)11-13-3-5-14(6-4-13)16(17,18)19/h3-6,12,21H,7-11H2,1-2H3. The summed E-state index contributed by atoms with van der Waals surface area (Å²) in [6.45, 7) is 5.91. The van der Waals surface area contributed by atoms with Gasteiger partial charge in [-0.2, -0.15) is 13.2 Å². The minimum Gasteiger partial charge on any atom is -0.389 e. The van der Waals surface area contributed by atoms with Crippen LogP contribution in [0.2, 0.25) is 0 Å². The van der Waals surface area contributed by atoms with Gasteiger partial charge in [0.2, 0.25) is 0 Å². The zero-order valence-electron chi connectivity index (χ0n) is 12.5. The van der Waals surface area contributed by atoms with Crippen molar-refractivity contribution in [3.05, 3.63) is 35.4 Å². The van der Waals surface area contributed by atoms with Crippen LogP contribution in [0.1, 0.15) is 37.8 Å². The van der Waals surface area contributed by atoms with E-state index in [-0.39, 0.29) is 0 Å². The van der Waals surface area contributed by atoms with E-state index in [0.717, 1.165) is 30.8 Å². The van der Waals surface area contributed by atoms with Gasteiger partial charge in [0.15, 0.2) is 0 Å². The van der Waals surface area contributed by atoms with E-state index < -0.39 is 17.3 Å². The highest BCUT2D eigenvalue weighted by Crippen LogP contribution is 2.31. The van der Waals surface area contributed by atoms with Crippen LogP contribution >= 0.6 is 0 Å². The van der Waals surface area contributed by atoms with Crippen LogP contribution in [0.25, 0.3) is 0 Å². The SMILES string of the molecule is CC(C)N1CCC(O)(Cc2ccc(C(F)(F)F)cc2)CC1. The van der Waals surface area contributed by atoms with Crippen LogP contribution in [0.4, 0.5) is 13.2 Å². The van der Waals surface area contributed by atoms with E-state index in [0.29, 0.717) is 25.3 Å². The molecule has 1 aliphatic rings. The third kappa shape index (κ3) is 4.20. The van der Waals surface area contributed by atoms with E-state index in [1.54, 1.807) is 0 Å². The molecule has 0 unspecified atom stereocenters. The number of likely N-dealkylation sites (tertiary alicyclic amines) is 1. The average Bonchev–Trinajstić information content (AvgIpc) is 2.38. The van der Waals surface area contributed by atoms with E-state index in [2.05, 4.69) is 18.7 Å². The van der Waals surface area contributed by atoms with Gasteiger partial charge < -0.3 is 10.0 Å². The Kier molecular flexibility index (Phi) is 4.63. The number of nitrogens with zero attached hydrogens (tertiary/aromatic N) is 1. The molecule has 0 radical (unpaired) electrons. The number of halogens is 3. The Morgan fingerprint density at radius 1 is 1.14 bits per heavy atom. The molecule has 0 atom stereocenters. The lowest BCUT2D eigenvalue weighted by Crippen LogP contribution is -2.47. The van der Waals surface area contributed by atoms with Crippen molar-refractivity contribution in [2.24, 2.45) is 0 Å². The molecule has 1 aromatic carbocycles. The number of piperidine rings is 1. The van der Waals surface area contributed by atoms with Crippen LogP contribution in [-0.4, -0.2) is 34.7 Å². The molecule has 1 heterocycles. The predicted octanol–water partition coefficient (Wildman–Crippen LogP) is 3.48. The summed E-state index contributed by atoms with van der Waals surface area (Å²) in [5.41, 5.74) is -0.693. The van der Waals surface area contributed by atoms with Crippen LogP contribution in [0.5, 0.6) is 0 Å². The minimum atomic E-state index is -4.31. The molecule has 21 heavy (non-hydrogen) atoms. The van der Waals surface area contributed by atoms with Crippen molar-refractivity contribution >= 4 is 0 Å². The van der Waals surface area contributed by atoms with Gasteiger partial charge in [-0.3, -0.25) is 0 Å². The van der Waals surface area contributed by atoms with E-state index >= 15 is 0 Å². The minimum absolute atomic E-state index is 0.414. The highest BCUT2D eigenvalue weighted by molar-refractivity contribution is 5.25. The first-order valence-corrected chi connectivity index (χ1v) is 7.32. The van der Waals surface area contributed by atoms with E-state index in [4.69, 9.17) is 0 Å². The summed E-state index contributed by atoms with van der Waals surface area (Å²) in [6.07, 6.45) is -2.58. The molecule has 1 aromatic rings. The zero-order valence-corrected chi connectivity index (χ0v) is 12.5. The third-order valence-corrected chi connectivity index (χ3v) is 4.27. The zero-order chi connectivity index (χ0) is 15.7. The summed E-state index contributed by atoms with van der Waals surface area (Å²) in [5.74, 6) is 0. The van der Waals surface area contributed by atoms with Crippen molar-refractivity contribution in [1.29, 1.82) is 0 Å². The van der Waals surface area contributed by atoms with E-state index in [1.807, 2.05) is 0 Å². The van der Waals surface area contributed by atoms with Crippen molar-refractivity contribution in [2.45, 2.75) is 50.9 Å². The molecule has 1 fully saturated rings. The van der Waals surface area contributed by atoms with E-state index in [1.165, 1.54) is 12.1 Å². The Hall–Kier alpha value is -1.07. The lowest BCUT2D eigenvalue weighted by atomic mass is 9.85. The highest BCUT2D eigenvalue weighted by atomic mass is 19.4. The van der Waals surface area contributed by atoms with Gasteiger partial charge >= 0.3 is 6.18 Å². The maximum atomic E-state index is 12.5. The van der Waals surface area contributed by atoms with Gasteiger partial charge in [-0.1, -0.05) is 12.1 Å². The fourth-order valence-electron chi connectivity index (χ4n) is 2.82. The fraction of sp³-hybridized carbons (Fsp3) is 0.625. The molecule has 0 bridgehead atoms. The van der Waals surface area contributed by atoms with Gasteiger partial charge in [-0.05, 0) is 44.4 Å². The highest BCUT2D eigenvalue weighted by Gasteiger charge is 2.34. The number of alkyl halides is 3. The number of hydrogen-bond acceptors (Lipinski definition) is 2. The Morgan fingerprint density at radius 2 is 1.67 bits per heavy atom. The monoisotopic (exact) mass is 301 g/mol. The molecule has 0 saturated carbocycles. The van der Waals surface area contributed by atoms with Crippen LogP contribution in [0.3, 0.4) is 0 Å². The molecule has 2 nitrogen and oxygen atoms in total. The van der Waals surface area contributed by atoms with Gasteiger partial charge in [-0.15, -0.1) is 0 Å². The Labute approximate surface area is 123 Å². The summed E-state index contributed by atoms with van der Waals surface area (Å²) in [6, 6.07) is 5.57. The Balaban J connectivity index is 1.98. The Bertz CT molecular complexity index is 459. The van der Waals surface area contributed by atoms with Crippen LogP contribution in [0.15, 0.2) is 24.3 Å². The summed E-state index contributed by atoms with van der Waals surface area (Å²) in [7, 11) is 0. The topological polar surface area (TPSA) is 23.5 Å². The number of benzene rings is 1. The second-order valence-electron chi connectivity index (χ2n) is 6.23. The largest absolute Gasteiger partial charge is 0.416 e. The molecule has 2 rings (SSSR count). The molecule has 1 N–H and O–H groups in total. The summed E-state index contributed by atoms with van der Waals surface area (Å²) in [5, 5.41) is 10.6. The molecular formula is C16H22F3NO. The fourth-order valence-corrected chi connectivity index (χ4v) is 2.82.